The summed E-state index contributed by atoms with van der Waals surface area (Å²) in [4.78, 5) is 9.36. The molecule has 1 aromatic heterocycles. The molecular weight excluding hydrogens is 301 g/mol. The van der Waals surface area contributed by atoms with Crippen LogP contribution in [0.15, 0.2) is 18.3 Å². The molecule has 24 heavy (non-hydrogen) atoms. The fourth-order valence-corrected chi connectivity index (χ4v) is 3.31. The van der Waals surface area contributed by atoms with Gasteiger partial charge in [0.15, 0.2) is 0 Å². The van der Waals surface area contributed by atoms with Gasteiger partial charge in [0, 0.05) is 30.8 Å². The molecule has 0 aliphatic carbocycles. The van der Waals surface area contributed by atoms with Crippen molar-refractivity contribution >= 4 is 18.4 Å². The van der Waals surface area contributed by atoms with Crippen molar-refractivity contribution in [1.82, 2.24) is 9.88 Å². The average molecular weight is 331 g/mol. The van der Waals surface area contributed by atoms with Gasteiger partial charge >= 0.3 is 7.12 Å². The van der Waals surface area contributed by atoms with Crippen molar-refractivity contribution in [3.8, 4) is 0 Å². The molecular formula is C18H30BN3O2. The summed E-state index contributed by atoms with van der Waals surface area (Å²) in [6.45, 7) is 10.4. The normalized spacial score (nSPS) is 24.0. The molecule has 0 spiro atoms. The zero-order valence-corrected chi connectivity index (χ0v) is 15.9. The quantitative estimate of drug-likeness (QED) is 0.791. The zero-order chi connectivity index (χ0) is 17.5. The first-order valence-corrected chi connectivity index (χ1v) is 8.92. The summed E-state index contributed by atoms with van der Waals surface area (Å²) >= 11 is 0. The summed E-state index contributed by atoms with van der Waals surface area (Å²) in [5.74, 6) is 1.05. The first-order chi connectivity index (χ1) is 11.2. The van der Waals surface area contributed by atoms with Crippen LogP contribution in [0.2, 0.25) is 0 Å². The van der Waals surface area contributed by atoms with Crippen molar-refractivity contribution in [1.29, 1.82) is 0 Å². The lowest BCUT2D eigenvalue weighted by molar-refractivity contribution is 0.00578. The first kappa shape index (κ1) is 17.7. The molecule has 6 heteroatoms. The second-order valence-electron chi connectivity index (χ2n) is 8.22. The molecule has 2 fully saturated rings. The molecule has 0 bridgehead atoms. The van der Waals surface area contributed by atoms with Crippen molar-refractivity contribution < 1.29 is 9.31 Å². The number of hydrogen-bond donors (Lipinski definition) is 0. The lowest BCUT2D eigenvalue weighted by atomic mass is 9.80. The maximum atomic E-state index is 6.09. The van der Waals surface area contributed by atoms with Gasteiger partial charge < -0.3 is 19.1 Å². The summed E-state index contributed by atoms with van der Waals surface area (Å²) < 4.78 is 12.2. The van der Waals surface area contributed by atoms with Gasteiger partial charge in [-0.2, -0.15) is 0 Å². The summed E-state index contributed by atoms with van der Waals surface area (Å²) in [5, 5.41) is 0. The van der Waals surface area contributed by atoms with Gasteiger partial charge in [-0.15, -0.1) is 0 Å². The van der Waals surface area contributed by atoms with Crippen molar-refractivity contribution in [2.45, 2.75) is 57.8 Å². The van der Waals surface area contributed by atoms with E-state index in [-0.39, 0.29) is 18.3 Å². The average Bonchev–Trinajstić information content (AvgIpc) is 2.76. The molecule has 5 nitrogen and oxygen atoms in total. The molecule has 0 saturated carbocycles. The standard InChI is InChI=1S/C18H30BN3O2/c1-17(2)18(3,4)24-19(23-17)14-7-8-16(20-13-14)22-11-9-15(10-12-22)21(5)6/h7-8,13,15H,9-12H2,1-6H3. The van der Waals surface area contributed by atoms with Crippen molar-refractivity contribution in [3.63, 3.8) is 0 Å². The number of hydrogen-bond acceptors (Lipinski definition) is 5. The third-order valence-electron chi connectivity index (χ3n) is 5.81. The molecule has 3 heterocycles. The van der Waals surface area contributed by atoms with Gasteiger partial charge in [0.25, 0.3) is 0 Å². The number of rotatable bonds is 3. The first-order valence-electron chi connectivity index (χ1n) is 8.92. The van der Waals surface area contributed by atoms with E-state index >= 15 is 0 Å². The summed E-state index contributed by atoms with van der Waals surface area (Å²) in [7, 11) is 3.99. The van der Waals surface area contributed by atoms with Gasteiger partial charge in [0.05, 0.1) is 11.2 Å². The van der Waals surface area contributed by atoms with Gasteiger partial charge in [-0.1, -0.05) is 6.07 Å². The van der Waals surface area contributed by atoms with Crippen LogP contribution in [0.3, 0.4) is 0 Å². The SMILES string of the molecule is CN(C)C1CCN(c2ccc(B3OC(C)(C)C(C)(C)O3)cn2)CC1. The Morgan fingerprint density at radius 2 is 1.67 bits per heavy atom. The molecule has 2 aliphatic rings. The minimum absolute atomic E-state index is 0.315. The fourth-order valence-electron chi connectivity index (χ4n) is 3.31. The summed E-state index contributed by atoms with van der Waals surface area (Å²) in [6, 6.07) is 4.86. The molecule has 132 valence electrons. The maximum absolute atomic E-state index is 6.09. The maximum Gasteiger partial charge on any atom is 0.496 e. The molecule has 1 aromatic rings. The number of pyridine rings is 1. The van der Waals surface area contributed by atoms with Crippen LogP contribution in [0.4, 0.5) is 5.82 Å². The molecule has 0 radical (unpaired) electrons. The minimum Gasteiger partial charge on any atom is -0.399 e. The number of piperidine rings is 1. The Morgan fingerprint density at radius 3 is 2.12 bits per heavy atom. The Bertz CT molecular complexity index is 550. The second kappa shape index (κ2) is 6.32. The van der Waals surface area contributed by atoms with E-state index < -0.39 is 0 Å². The Labute approximate surface area is 146 Å². The molecule has 2 aliphatic heterocycles. The summed E-state index contributed by atoms with van der Waals surface area (Å²) in [5.41, 5.74) is 0.356. The van der Waals surface area contributed by atoms with Crippen LogP contribution >= 0.6 is 0 Å². The van der Waals surface area contributed by atoms with Gasteiger partial charge in [0.2, 0.25) is 0 Å². The number of nitrogens with zero attached hydrogens (tertiary/aromatic N) is 3. The van der Waals surface area contributed by atoms with Crippen LogP contribution in [0.1, 0.15) is 40.5 Å². The molecule has 0 aromatic carbocycles. The Kier molecular flexibility index (Phi) is 4.66. The van der Waals surface area contributed by atoms with Crippen LogP contribution in [0.5, 0.6) is 0 Å². The molecule has 0 unspecified atom stereocenters. The summed E-state index contributed by atoms with van der Waals surface area (Å²) in [6.07, 6.45) is 4.27. The van der Waals surface area contributed by atoms with Gasteiger partial charge in [-0.3, -0.25) is 0 Å². The van der Waals surface area contributed by atoms with E-state index in [1.165, 1.54) is 12.8 Å². The monoisotopic (exact) mass is 331 g/mol. The largest absolute Gasteiger partial charge is 0.496 e. The second-order valence-corrected chi connectivity index (χ2v) is 8.22. The van der Waals surface area contributed by atoms with Gasteiger partial charge in [0.1, 0.15) is 5.82 Å². The fraction of sp³-hybridized carbons (Fsp3) is 0.722. The van der Waals surface area contributed by atoms with Gasteiger partial charge in [-0.05, 0) is 60.7 Å². The number of anilines is 1. The van der Waals surface area contributed by atoms with Crippen LogP contribution in [0.25, 0.3) is 0 Å². The van der Waals surface area contributed by atoms with Crippen LogP contribution in [-0.2, 0) is 9.31 Å². The van der Waals surface area contributed by atoms with E-state index in [4.69, 9.17) is 9.31 Å². The molecule has 0 N–H and O–H groups in total. The van der Waals surface area contributed by atoms with Crippen molar-refractivity contribution in [3.05, 3.63) is 18.3 Å². The Hall–Kier alpha value is -1.11. The van der Waals surface area contributed by atoms with E-state index in [1.807, 2.05) is 6.20 Å². The predicted octanol–water partition coefficient (Wildman–Crippen LogP) is 1.91. The Morgan fingerprint density at radius 1 is 1.08 bits per heavy atom. The highest BCUT2D eigenvalue weighted by Crippen LogP contribution is 2.36. The van der Waals surface area contributed by atoms with Crippen molar-refractivity contribution in [2.75, 3.05) is 32.1 Å². The van der Waals surface area contributed by atoms with E-state index in [2.05, 4.69) is 68.7 Å². The molecule has 2 saturated heterocycles. The van der Waals surface area contributed by atoms with Crippen molar-refractivity contribution in [2.24, 2.45) is 0 Å². The highest BCUT2D eigenvalue weighted by atomic mass is 16.7. The zero-order valence-electron chi connectivity index (χ0n) is 15.9. The molecule has 0 amide bonds. The lowest BCUT2D eigenvalue weighted by Crippen LogP contribution is -2.42. The lowest BCUT2D eigenvalue weighted by Gasteiger charge is -2.35. The van der Waals surface area contributed by atoms with Crippen LogP contribution in [-0.4, -0.2) is 61.4 Å². The third kappa shape index (κ3) is 3.32. The molecule has 3 rings (SSSR count). The Balaban J connectivity index is 1.65. The smallest absolute Gasteiger partial charge is 0.399 e. The number of aromatic nitrogens is 1. The van der Waals surface area contributed by atoms with Crippen LogP contribution < -0.4 is 10.4 Å². The topological polar surface area (TPSA) is 37.8 Å². The van der Waals surface area contributed by atoms with Gasteiger partial charge in [-0.25, -0.2) is 4.98 Å². The van der Waals surface area contributed by atoms with E-state index in [0.29, 0.717) is 6.04 Å². The third-order valence-corrected chi connectivity index (χ3v) is 5.81. The van der Waals surface area contributed by atoms with Crippen LogP contribution in [0, 0.1) is 0 Å². The van der Waals surface area contributed by atoms with E-state index in [9.17, 15) is 0 Å². The minimum atomic E-state index is -0.337. The van der Waals surface area contributed by atoms with E-state index in [1.54, 1.807) is 0 Å². The molecule has 0 atom stereocenters. The highest BCUT2D eigenvalue weighted by molar-refractivity contribution is 6.62. The van der Waals surface area contributed by atoms with E-state index in [0.717, 1.165) is 24.4 Å². The highest BCUT2D eigenvalue weighted by Gasteiger charge is 2.51. The predicted molar refractivity (Wildman–Crippen MR) is 98.9 cm³/mol.